The third-order valence-corrected chi connectivity index (χ3v) is 4.92. The fourth-order valence-electron chi connectivity index (χ4n) is 3.61. The molecule has 3 heterocycles. The summed E-state index contributed by atoms with van der Waals surface area (Å²) in [6.07, 6.45) is 3.45. The quantitative estimate of drug-likeness (QED) is 0.782. The molecule has 130 valence electrons. The molecule has 3 aromatic rings. The van der Waals surface area contributed by atoms with Crippen molar-refractivity contribution in [1.29, 1.82) is 0 Å². The van der Waals surface area contributed by atoms with E-state index in [1.807, 2.05) is 44.6 Å². The Hall–Kier alpha value is -2.28. The van der Waals surface area contributed by atoms with Crippen LogP contribution in [0.2, 0.25) is 0 Å². The summed E-state index contributed by atoms with van der Waals surface area (Å²) in [6.45, 7) is 2.25. The Balaban J connectivity index is 1.71. The Bertz CT molecular complexity index is 861. The van der Waals surface area contributed by atoms with Crippen molar-refractivity contribution in [3.63, 3.8) is 0 Å². The highest BCUT2D eigenvalue weighted by Gasteiger charge is 2.33. The van der Waals surface area contributed by atoms with Crippen molar-refractivity contribution in [2.75, 3.05) is 27.2 Å². The highest BCUT2D eigenvalue weighted by atomic mass is 16.3. The lowest BCUT2D eigenvalue weighted by atomic mass is 10.1. The van der Waals surface area contributed by atoms with E-state index < -0.39 is 0 Å². The maximum atomic E-state index is 10.3. The number of β-amino-alcohol motifs (C(OH)–C–C–N with tert-alkyl or cyclic N) is 1. The number of aliphatic hydroxyl groups excluding tert-OH is 1. The van der Waals surface area contributed by atoms with Crippen molar-refractivity contribution < 1.29 is 5.11 Å². The lowest BCUT2D eigenvalue weighted by molar-refractivity contribution is 0.112. The molecule has 2 aromatic heterocycles. The molecule has 1 fully saturated rings. The number of benzene rings is 1. The van der Waals surface area contributed by atoms with E-state index in [2.05, 4.69) is 31.3 Å². The highest BCUT2D eigenvalue weighted by Crippen LogP contribution is 2.26. The van der Waals surface area contributed by atoms with Gasteiger partial charge in [0.15, 0.2) is 0 Å². The van der Waals surface area contributed by atoms with Crippen molar-refractivity contribution in [2.24, 2.45) is 0 Å². The van der Waals surface area contributed by atoms with Crippen LogP contribution in [0.15, 0.2) is 48.8 Å². The van der Waals surface area contributed by atoms with Gasteiger partial charge in [-0.1, -0.05) is 30.3 Å². The molecule has 0 bridgehead atoms. The topological polar surface area (TPSA) is 56.9 Å². The Kier molecular flexibility index (Phi) is 4.25. The number of likely N-dealkylation sites (N-methyl/N-ethyl adjacent to an activating group) is 1. The van der Waals surface area contributed by atoms with Gasteiger partial charge in [0.05, 0.1) is 17.5 Å². The highest BCUT2D eigenvalue weighted by molar-refractivity contribution is 5.65. The molecule has 25 heavy (non-hydrogen) atoms. The fourth-order valence-corrected chi connectivity index (χ4v) is 3.61. The standard InChI is InChI=1S/C19H23N5O/c1-22(2)15-11-23(13-17(15)25)12-16-18(14-7-4-3-5-8-14)21-19-20-9-6-10-24(16)19/h3-10,15,17,25H,11-13H2,1-2H3/t15-,17-/m0/s1. The number of fused-ring (bicyclic) bond motifs is 1. The summed E-state index contributed by atoms with van der Waals surface area (Å²) < 4.78 is 2.05. The van der Waals surface area contributed by atoms with Gasteiger partial charge in [0.25, 0.3) is 0 Å². The summed E-state index contributed by atoms with van der Waals surface area (Å²) in [6, 6.07) is 12.3. The lowest BCUT2D eigenvalue weighted by Crippen LogP contribution is -2.37. The van der Waals surface area contributed by atoms with E-state index in [0.29, 0.717) is 12.3 Å². The zero-order chi connectivity index (χ0) is 17.4. The Labute approximate surface area is 147 Å². The van der Waals surface area contributed by atoms with Gasteiger partial charge >= 0.3 is 0 Å². The summed E-state index contributed by atoms with van der Waals surface area (Å²) in [5.41, 5.74) is 3.16. The van der Waals surface area contributed by atoms with E-state index in [-0.39, 0.29) is 12.1 Å². The molecule has 1 aromatic carbocycles. The predicted molar refractivity (Wildman–Crippen MR) is 97.2 cm³/mol. The fraction of sp³-hybridized carbons (Fsp3) is 0.368. The van der Waals surface area contributed by atoms with Crippen molar-refractivity contribution in [3.05, 3.63) is 54.5 Å². The van der Waals surface area contributed by atoms with Gasteiger partial charge in [0.1, 0.15) is 0 Å². The smallest absolute Gasteiger partial charge is 0.234 e. The molecule has 1 saturated heterocycles. The van der Waals surface area contributed by atoms with Crippen LogP contribution in [0.25, 0.3) is 17.0 Å². The summed E-state index contributed by atoms with van der Waals surface area (Å²) in [7, 11) is 4.04. The van der Waals surface area contributed by atoms with Gasteiger partial charge in [-0.05, 0) is 20.2 Å². The van der Waals surface area contributed by atoms with Crippen LogP contribution in [0.4, 0.5) is 0 Å². The SMILES string of the molecule is CN(C)[C@H]1CN(Cc2c(-c3ccccc3)nc3ncccn23)C[C@@H]1O. The van der Waals surface area contributed by atoms with Crippen molar-refractivity contribution in [2.45, 2.75) is 18.7 Å². The molecular weight excluding hydrogens is 314 g/mol. The van der Waals surface area contributed by atoms with Gasteiger partial charge < -0.3 is 10.0 Å². The molecule has 1 N–H and O–H groups in total. The van der Waals surface area contributed by atoms with Crippen molar-refractivity contribution >= 4 is 5.78 Å². The second kappa shape index (κ2) is 6.55. The van der Waals surface area contributed by atoms with Crippen LogP contribution in [0, 0.1) is 0 Å². The molecule has 0 aliphatic carbocycles. The van der Waals surface area contributed by atoms with Gasteiger partial charge in [-0.2, -0.15) is 0 Å². The van der Waals surface area contributed by atoms with Crippen molar-refractivity contribution in [3.8, 4) is 11.3 Å². The first-order chi connectivity index (χ1) is 12.1. The Morgan fingerprint density at radius 3 is 2.68 bits per heavy atom. The molecule has 6 heteroatoms. The predicted octanol–water partition coefficient (Wildman–Crippen LogP) is 1.50. The van der Waals surface area contributed by atoms with Crippen LogP contribution >= 0.6 is 0 Å². The molecule has 0 spiro atoms. The minimum atomic E-state index is -0.326. The van der Waals surface area contributed by atoms with Crippen LogP contribution in [0.1, 0.15) is 5.69 Å². The summed E-state index contributed by atoms with van der Waals surface area (Å²) >= 11 is 0. The molecule has 1 aliphatic rings. The Morgan fingerprint density at radius 1 is 1.16 bits per heavy atom. The average molecular weight is 337 g/mol. The van der Waals surface area contributed by atoms with E-state index in [9.17, 15) is 5.11 Å². The third-order valence-electron chi connectivity index (χ3n) is 4.92. The molecule has 2 atom stereocenters. The first kappa shape index (κ1) is 16.2. The van der Waals surface area contributed by atoms with Crippen molar-refractivity contribution in [1.82, 2.24) is 24.2 Å². The van der Waals surface area contributed by atoms with E-state index >= 15 is 0 Å². The van der Waals surface area contributed by atoms with Crippen LogP contribution in [-0.4, -0.2) is 68.6 Å². The van der Waals surface area contributed by atoms with Crippen LogP contribution in [0.3, 0.4) is 0 Å². The zero-order valence-electron chi connectivity index (χ0n) is 14.6. The second-order valence-corrected chi connectivity index (χ2v) is 6.86. The maximum absolute atomic E-state index is 10.3. The normalized spacial score (nSPS) is 21.4. The molecular formula is C19H23N5O. The summed E-state index contributed by atoms with van der Waals surface area (Å²) in [5, 5.41) is 10.3. The largest absolute Gasteiger partial charge is 0.390 e. The molecule has 4 rings (SSSR count). The lowest BCUT2D eigenvalue weighted by Gasteiger charge is -2.21. The number of hydrogen-bond donors (Lipinski definition) is 1. The first-order valence-corrected chi connectivity index (χ1v) is 8.57. The van der Waals surface area contributed by atoms with Gasteiger partial charge in [-0.25, -0.2) is 9.97 Å². The minimum Gasteiger partial charge on any atom is -0.390 e. The Morgan fingerprint density at radius 2 is 1.96 bits per heavy atom. The molecule has 1 aliphatic heterocycles. The average Bonchev–Trinajstić information content (AvgIpc) is 3.17. The molecule has 0 unspecified atom stereocenters. The number of aliphatic hydroxyl groups is 1. The van der Waals surface area contributed by atoms with Gasteiger partial charge in [-0.15, -0.1) is 0 Å². The van der Waals surface area contributed by atoms with E-state index in [4.69, 9.17) is 4.98 Å². The molecule has 6 nitrogen and oxygen atoms in total. The number of aromatic nitrogens is 3. The number of rotatable bonds is 4. The van der Waals surface area contributed by atoms with Crippen LogP contribution < -0.4 is 0 Å². The number of imidazole rings is 1. The monoisotopic (exact) mass is 337 g/mol. The number of hydrogen-bond acceptors (Lipinski definition) is 5. The van der Waals surface area contributed by atoms with Crippen LogP contribution in [0.5, 0.6) is 0 Å². The molecule has 0 radical (unpaired) electrons. The maximum Gasteiger partial charge on any atom is 0.234 e. The van der Waals surface area contributed by atoms with E-state index in [1.165, 1.54) is 0 Å². The molecule has 0 amide bonds. The van der Waals surface area contributed by atoms with Gasteiger partial charge in [0.2, 0.25) is 5.78 Å². The van der Waals surface area contributed by atoms with E-state index in [1.54, 1.807) is 6.20 Å². The molecule has 0 saturated carbocycles. The first-order valence-electron chi connectivity index (χ1n) is 8.57. The minimum absolute atomic E-state index is 0.164. The zero-order valence-corrected chi connectivity index (χ0v) is 14.6. The van der Waals surface area contributed by atoms with Crippen LogP contribution in [-0.2, 0) is 6.54 Å². The third kappa shape index (κ3) is 3.04. The summed E-state index contributed by atoms with van der Waals surface area (Å²) in [5.74, 6) is 0.709. The second-order valence-electron chi connectivity index (χ2n) is 6.86. The number of likely N-dealkylation sites (tertiary alicyclic amines) is 1. The van der Waals surface area contributed by atoms with Gasteiger partial charge in [0, 0.05) is 43.6 Å². The summed E-state index contributed by atoms with van der Waals surface area (Å²) in [4.78, 5) is 13.5. The number of nitrogens with zero attached hydrogens (tertiary/aromatic N) is 5. The van der Waals surface area contributed by atoms with E-state index in [0.717, 1.165) is 30.0 Å². The van der Waals surface area contributed by atoms with Gasteiger partial charge in [-0.3, -0.25) is 9.30 Å².